The highest BCUT2D eigenvalue weighted by Gasteiger charge is 2.32. The molecule has 0 spiro atoms. The summed E-state index contributed by atoms with van der Waals surface area (Å²) in [6.45, 7) is 4.45. The minimum Gasteiger partial charge on any atom is -0.497 e. The SMILES string of the molecule is COc1ccc(C(=O)N2CCN(S(=O)(=O)c3cc(C)sc3C)CC2)c(F)c1. The molecule has 2 aromatic rings. The van der Waals surface area contributed by atoms with E-state index in [1.165, 1.54) is 39.8 Å². The maximum atomic E-state index is 14.1. The summed E-state index contributed by atoms with van der Waals surface area (Å²) in [5, 5.41) is 0. The Morgan fingerprint density at radius 1 is 1.15 bits per heavy atom. The van der Waals surface area contributed by atoms with Crippen LogP contribution in [-0.2, 0) is 10.0 Å². The first-order valence-electron chi connectivity index (χ1n) is 8.44. The zero-order valence-corrected chi connectivity index (χ0v) is 17.0. The lowest BCUT2D eigenvalue weighted by molar-refractivity contribution is 0.0693. The lowest BCUT2D eigenvalue weighted by Crippen LogP contribution is -2.50. The summed E-state index contributed by atoms with van der Waals surface area (Å²) in [6.07, 6.45) is 0. The molecule has 6 nitrogen and oxygen atoms in total. The van der Waals surface area contributed by atoms with Crippen LogP contribution in [0.4, 0.5) is 4.39 Å². The Bertz CT molecular complexity index is 964. The summed E-state index contributed by atoms with van der Waals surface area (Å²) < 4.78 is 46.2. The van der Waals surface area contributed by atoms with Crippen LogP contribution in [-0.4, -0.2) is 56.8 Å². The molecule has 1 aliphatic rings. The number of carbonyl (C=O) groups excluding carboxylic acids is 1. The molecule has 1 amide bonds. The second-order valence-corrected chi connectivity index (χ2v) is 9.69. The van der Waals surface area contributed by atoms with Gasteiger partial charge < -0.3 is 9.64 Å². The van der Waals surface area contributed by atoms with E-state index in [9.17, 15) is 17.6 Å². The first kappa shape index (κ1) is 19.8. The molecule has 146 valence electrons. The van der Waals surface area contributed by atoms with Crippen LogP contribution in [0.15, 0.2) is 29.2 Å². The fourth-order valence-electron chi connectivity index (χ4n) is 3.10. The number of hydrogen-bond donors (Lipinski definition) is 0. The topological polar surface area (TPSA) is 66.9 Å². The van der Waals surface area contributed by atoms with Gasteiger partial charge in [0.1, 0.15) is 11.6 Å². The Morgan fingerprint density at radius 2 is 1.81 bits per heavy atom. The third-order valence-electron chi connectivity index (χ3n) is 4.55. The van der Waals surface area contributed by atoms with Gasteiger partial charge in [0, 0.05) is 42.0 Å². The summed E-state index contributed by atoms with van der Waals surface area (Å²) in [5.41, 5.74) is -0.0450. The number of amides is 1. The number of benzene rings is 1. The molecular weight excluding hydrogens is 391 g/mol. The average molecular weight is 413 g/mol. The van der Waals surface area contributed by atoms with Crippen molar-refractivity contribution >= 4 is 27.3 Å². The van der Waals surface area contributed by atoms with E-state index in [0.717, 1.165) is 15.8 Å². The van der Waals surface area contributed by atoms with Crippen LogP contribution >= 0.6 is 11.3 Å². The van der Waals surface area contributed by atoms with E-state index in [4.69, 9.17) is 4.74 Å². The van der Waals surface area contributed by atoms with Crippen molar-refractivity contribution in [2.75, 3.05) is 33.3 Å². The maximum Gasteiger partial charge on any atom is 0.256 e. The molecule has 3 rings (SSSR count). The van der Waals surface area contributed by atoms with Crippen LogP contribution in [0.5, 0.6) is 5.75 Å². The first-order chi connectivity index (χ1) is 12.7. The van der Waals surface area contributed by atoms with Crippen LogP contribution in [0, 0.1) is 19.7 Å². The van der Waals surface area contributed by atoms with Crippen molar-refractivity contribution in [2.45, 2.75) is 18.7 Å². The van der Waals surface area contributed by atoms with Crippen LogP contribution in [0.3, 0.4) is 0 Å². The highest BCUT2D eigenvalue weighted by Crippen LogP contribution is 2.28. The van der Waals surface area contributed by atoms with Gasteiger partial charge in [0.25, 0.3) is 5.91 Å². The minimum absolute atomic E-state index is 0.0450. The summed E-state index contributed by atoms with van der Waals surface area (Å²) in [5.74, 6) is -0.769. The molecule has 0 saturated carbocycles. The average Bonchev–Trinajstić information content (AvgIpc) is 3.00. The van der Waals surface area contributed by atoms with E-state index in [-0.39, 0.29) is 31.7 Å². The fraction of sp³-hybridized carbons (Fsp3) is 0.389. The van der Waals surface area contributed by atoms with E-state index in [1.807, 2.05) is 6.92 Å². The highest BCUT2D eigenvalue weighted by atomic mass is 32.2. The molecule has 1 saturated heterocycles. The highest BCUT2D eigenvalue weighted by molar-refractivity contribution is 7.89. The number of methoxy groups -OCH3 is 1. The molecular formula is C18H21FN2O4S2. The lowest BCUT2D eigenvalue weighted by Gasteiger charge is -2.34. The molecule has 1 aromatic carbocycles. The second kappa shape index (κ2) is 7.57. The van der Waals surface area contributed by atoms with E-state index in [1.54, 1.807) is 13.0 Å². The standard InChI is InChI=1S/C18H21FN2O4S2/c1-12-10-17(13(2)26-12)27(23,24)21-8-6-20(7-9-21)18(22)15-5-4-14(25-3)11-16(15)19/h4-5,10-11H,6-9H2,1-3H3. The smallest absolute Gasteiger partial charge is 0.256 e. The van der Waals surface area contributed by atoms with Crippen molar-refractivity contribution in [3.05, 3.63) is 45.4 Å². The van der Waals surface area contributed by atoms with Crippen LogP contribution in [0.25, 0.3) is 0 Å². The van der Waals surface area contributed by atoms with Crippen molar-refractivity contribution in [3.63, 3.8) is 0 Å². The molecule has 2 heterocycles. The predicted molar refractivity (Wildman–Crippen MR) is 101 cm³/mol. The molecule has 0 atom stereocenters. The third kappa shape index (κ3) is 3.85. The Labute approximate surface area is 162 Å². The van der Waals surface area contributed by atoms with Crippen LogP contribution in [0.1, 0.15) is 20.1 Å². The molecule has 0 bridgehead atoms. The number of ether oxygens (including phenoxy) is 1. The minimum atomic E-state index is -3.59. The van der Waals surface area contributed by atoms with Gasteiger partial charge >= 0.3 is 0 Å². The normalized spacial score (nSPS) is 15.8. The van der Waals surface area contributed by atoms with Gasteiger partial charge in [0.2, 0.25) is 10.0 Å². The van der Waals surface area contributed by atoms with Gasteiger partial charge in [-0.25, -0.2) is 12.8 Å². The molecule has 0 aliphatic carbocycles. The molecule has 0 radical (unpaired) electrons. The number of piperazine rings is 1. The van der Waals surface area contributed by atoms with Crippen molar-refractivity contribution in [3.8, 4) is 5.75 Å². The number of aryl methyl sites for hydroxylation is 2. The summed E-state index contributed by atoms with van der Waals surface area (Å²) >= 11 is 1.45. The van der Waals surface area contributed by atoms with Crippen LogP contribution in [0.2, 0.25) is 0 Å². The number of rotatable bonds is 4. The largest absolute Gasteiger partial charge is 0.497 e. The number of carbonyl (C=O) groups is 1. The quantitative estimate of drug-likeness (QED) is 0.774. The summed E-state index contributed by atoms with van der Waals surface area (Å²) in [6, 6.07) is 5.75. The summed E-state index contributed by atoms with van der Waals surface area (Å²) in [7, 11) is -2.16. The van der Waals surface area contributed by atoms with Crippen molar-refractivity contribution < 1.29 is 22.3 Å². The van der Waals surface area contributed by atoms with Gasteiger partial charge in [-0.05, 0) is 32.0 Å². The van der Waals surface area contributed by atoms with Gasteiger partial charge in [-0.2, -0.15) is 4.31 Å². The van der Waals surface area contributed by atoms with Gasteiger partial charge in [-0.3, -0.25) is 4.79 Å². The number of hydrogen-bond acceptors (Lipinski definition) is 5. The van der Waals surface area contributed by atoms with E-state index < -0.39 is 21.7 Å². The molecule has 27 heavy (non-hydrogen) atoms. The Morgan fingerprint density at radius 3 is 2.33 bits per heavy atom. The zero-order chi connectivity index (χ0) is 19.8. The number of halogens is 1. The molecule has 1 fully saturated rings. The van der Waals surface area contributed by atoms with E-state index in [0.29, 0.717) is 10.6 Å². The fourth-order valence-corrected chi connectivity index (χ4v) is 6.05. The Kier molecular flexibility index (Phi) is 5.55. The Balaban J connectivity index is 1.72. The number of sulfonamides is 1. The Hall–Kier alpha value is -1.97. The van der Waals surface area contributed by atoms with Gasteiger partial charge in [0.05, 0.1) is 17.6 Å². The predicted octanol–water partition coefficient (Wildman–Crippen LogP) is 2.66. The molecule has 0 unspecified atom stereocenters. The van der Waals surface area contributed by atoms with Crippen molar-refractivity contribution in [1.29, 1.82) is 0 Å². The van der Waals surface area contributed by atoms with Gasteiger partial charge in [-0.1, -0.05) is 0 Å². The molecule has 9 heteroatoms. The first-order valence-corrected chi connectivity index (χ1v) is 10.7. The number of thiophene rings is 1. The van der Waals surface area contributed by atoms with Crippen LogP contribution < -0.4 is 4.74 Å². The monoisotopic (exact) mass is 412 g/mol. The van der Waals surface area contributed by atoms with E-state index >= 15 is 0 Å². The lowest BCUT2D eigenvalue weighted by atomic mass is 10.1. The van der Waals surface area contributed by atoms with Gasteiger partial charge in [0.15, 0.2) is 0 Å². The molecule has 0 N–H and O–H groups in total. The molecule has 1 aromatic heterocycles. The summed E-state index contributed by atoms with van der Waals surface area (Å²) in [4.78, 5) is 16.1. The second-order valence-electron chi connectivity index (χ2n) is 6.32. The van der Waals surface area contributed by atoms with Crippen molar-refractivity contribution in [2.24, 2.45) is 0 Å². The maximum absolute atomic E-state index is 14.1. The number of nitrogens with zero attached hydrogens (tertiary/aromatic N) is 2. The third-order valence-corrected chi connectivity index (χ3v) is 7.67. The molecule has 1 aliphatic heterocycles. The zero-order valence-electron chi connectivity index (χ0n) is 15.4. The van der Waals surface area contributed by atoms with Crippen molar-refractivity contribution in [1.82, 2.24) is 9.21 Å². The van der Waals surface area contributed by atoms with E-state index in [2.05, 4.69) is 0 Å². The van der Waals surface area contributed by atoms with Gasteiger partial charge in [-0.15, -0.1) is 11.3 Å².